The summed E-state index contributed by atoms with van der Waals surface area (Å²) in [6, 6.07) is 13.6. The Morgan fingerprint density at radius 2 is 1.89 bits per heavy atom. The van der Waals surface area contributed by atoms with Crippen molar-refractivity contribution in [2.24, 2.45) is 0 Å². The molecule has 0 radical (unpaired) electrons. The molecular formula is C19H19N3O5S. The van der Waals surface area contributed by atoms with Crippen molar-refractivity contribution in [3.8, 4) is 11.4 Å². The first-order valence-corrected chi connectivity index (χ1v) is 9.80. The number of ether oxygens (including phenoxy) is 1. The zero-order valence-corrected chi connectivity index (χ0v) is 16.4. The number of methoxy groups -OCH3 is 1. The van der Waals surface area contributed by atoms with Crippen LogP contribution in [0, 0.1) is 6.92 Å². The molecule has 8 nitrogen and oxygen atoms in total. The van der Waals surface area contributed by atoms with Crippen LogP contribution in [0.15, 0.2) is 57.9 Å². The lowest BCUT2D eigenvalue weighted by atomic mass is 10.1. The summed E-state index contributed by atoms with van der Waals surface area (Å²) in [5.41, 5.74) is 1.43. The highest BCUT2D eigenvalue weighted by Gasteiger charge is 2.26. The first kappa shape index (κ1) is 19.7. The Balaban J connectivity index is 1.85. The second-order valence-corrected chi connectivity index (χ2v) is 8.12. The molecule has 0 saturated heterocycles. The Morgan fingerprint density at radius 3 is 2.57 bits per heavy atom. The largest absolute Gasteiger partial charge is 0.465 e. The molecule has 0 fully saturated rings. The SMILES string of the molecule is COC(=O)c1ccc(C)c(S(=O)(=O)N(C)Cc2nc(-c3ccccc3)no2)c1. The van der Waals surface area contributed by atoms with Gasteiger partial charge in [0.2, 0.25) is 21.7 Å². The van der Waals surface area contributed by atoms with Gasteiger partial charge < -0.3 is 9.26 Å². The van der Waals surface area contributed by atoms with Crippen molar-refractivity contribution >= 4 is 16.0 Å². The van der Waals surface area contributed by atoms with Crippen LogP contribution in [0.1, 0.15) is 21.8 Å². The van der Waals surface area contributed by atoms with Gasteiger partial charge in [-0.05, 0) is 24.6 Å². The second kappa shape index (κ2) is 7.91. The molecule has 28 heavy (non-hydrogen) atoms. The highest BCUT2D eigenvalue weighted by molar-refractivity contribution is 7.89. The van der Waals surface area contributed by atoms with E-state index < -0.39 is 16.0 Å². The lowest BCUT2D eigenvalue weighted by Crippen LogP contribution is -2.27. The molecule has 0 aliphatic rings. The number of rotatable bonds is 6. The minimum Gasteiger partial charge on any atom is -0.465 e. The van der Waals surface area contributed by atoms with Crippen molar-refractivity contribution in [1.82, 2.24) is 14.4 Å². The highest BCUT2D eigenvalue weighted by Crippen LogP contribution is 2.23. The van der Waals surface area contributed by atoms with Crippen molar-refractivity contribution in [3.63, 3.8) is 0 Å². The summed E-state index contributed by atoms with van der Waals surface area (Å²) < 4.78 is 36.9. The maximum atomic E-state index is 13.0. The van der Waals surface area contributed by atoms with E-state index in [-0.39, 0.29) is 22.9 Å². The van der Waals surface area contributed by atoms with Crippen LogP contribution in [0.2, 0.25) is 0 Å². The predicted octanol–water partition coefficient (Wildman–Crippen LogP) is 2.65. The highest BCUT2D eigenvalue weighted by atomic mass is 32.2. The fourth-order valence-corrected chi connectivity index (χ4v) is 3.96. The van der Waals surface area contributed by atoms with E-state index >= 15 is 0 Å². The number of carbonyl (C=O) groups excluding carboxylic acids is 1. The predicted molar refractivity (Wildman–Crippen MR) is 101 cm³/mol. The number of aryl methyl sites for hydroxylation is 1. The molecule has 146 valence electrons. The standard InChI is InChI=1S/C19H19N3O5S/c1-13-9-10-15(19(23)26-3)11-16(13)28(24,25)22(2)12-17-20-18(21-27-17)14-7-5-4-6-8-14/h4-11H,12H2,1-3H3. The molecule has 0 amide bonds. The molecule has 0 atom stereocenters. The maximum Gasteiger partial charge on any atom is 0.337 e. The summed E-state index contributed by atoms with van der Waals surface area (Å²) in [5.74, 6) is -0.0690. The van der Waals surface area contributed by atoms with Gasteiger partial charge in [0.05, 0.1) is 24.1 Å². The fourth-order valence-electron chi connectivity index (χ4n) is 2.59. The minimum atomic E-state index is -3.89. The molecular weight excluding hydrogens is 382 g/mol. The van der Waals surface area contributed by atoms with Crippen LogP contribution < -0.4 is 0 Å². The number of carbonyl (C=O) groups is 1. The Hall–Kier alpha value is -3.04. The Kier molecular flexibility index (Phi) is 5.57. The topological polar surface area (TPSA) is 103 Å². The van der Waals surface area contributed by atoms with Gasteiger partial charge >= 0.3 is 5.97 Å². The van der Waals surface area contributed by atoms with Crippen molar-refractivity contribution in [2.45, 2.75) is 18.4 Å². The van der Waals surface area contributed by atoms with E-state index in [1.54, 1.807) is 13.0 Å². The summed E-state index contributed by atoms with van der Waals surface area (Å²) in [6.45, 7) is 1.55. The summed E-state index contributed by atoms with van der Waals surface area (Å²) in [6.07, 6.45) is 0. The Morgan fingerprint density at radius 1 is 1.18 bits per heavy atom. The molecule has 0 spiro atoms. The number of benzene rings is 2. The van der Waals surface area contributed by atoms with Crippen molar-refractivity contribution < 1.29 is 22.5 Å². The second-order valence-electron chi connectivity index (χ2n) is 6.11. The van der Waals surface area contributed by atoms with Crippen molar-refractivity contribution in [3.05, 3.63) is 65.5 Å². The Bertz CT molecular complexity index is 1090. The average Bonchev–Trinajstić information content (AvgIpc) is 3.16. The number of nitrogens with zero attached hydrogens (tertiary/aromatic N) is 3. The molecule has 0 unspecified atom stereocenters. The number of hydrogen-bond acceptors (Lipinski definition) is 7. The van der Waals surface area contributed by atoms with Gasteiger partial charge in [0.1, 0.15) is 0 Å². The monoisotopic (exact) mass is 401 g/mol. The number of aromatic nitrogens is 2. The van der Waals surface area contributed by atoms with Gasteiger partial charge in [-0.25, -0.2) is 13.2 Å². The summed E-state index contributed by atoms with van der Waals surface area (Å²) in [4.78, 5) is 16.0. The van der Waals surface area contributed by atoms with Crippen LogP contribution in [0.25, 0.3) is 11.4 Å². The van der Waals surface area contributed by atoms with Crippen LogP contribution >= 0.6 is 0 Å². The first-order chi connectivity index (χ1) is 13.3. The average molecular weight is 401 g/mol. The maximum absolute atomic E-state index is 13.0. The van der Waals surface area contributed by atoms with E-state index in [1.165, 1.54) is 26.3 Å². The summed E-state index contributed by atoms with van der Waals surface area (Å²) >= 11 is 0. The molecule has 0 aliphatic heterocycles. The van der Waals surface area contributed by atoms with Crippen LogP contribution in [0.5, 0.6) is 0 Å². The molecule has 3 rings (SSSR count). The van der Waals surface area contributed by atoms with Gasteiger partial charge in [-0.3, -0.25) is 0 Å². The quantitative estimate of drug-likeness (QED) is 0.585. The molecule has 1 heterocycles. The van der Waals surface area contributed by atoms with Crippen LogP contribution in [0.4, 0.5) is 0 Å². The molecule has 0 N–H and O–H groups in total. The number of hydrogen-bond donors (Lipinski definition) is 0. The molecule has 3 aromatic rings. The zero-order valence-electron chi connectivity index (χ0n) is 15.6. The molecule has 0 saturated carbocycles. The van der Waals surface area contributed by atoms with Crippen molar-refractivity contribution in [2.75, 3.05) is 14.2 Å². The lowest BCUT2D eigenvalue weighted by Gasteiger charge is -2.17. The molecule has 9 heteroatoms. The minimum absolute atomic E-state index is 0.0145. The fraction of sp³-hybridized carbons (Fsp3) is 0.211. The normalized spacial score (nSPS) is 11.6. The van der Waals surface area contributed by atoms with E-state index in [0.29, 0.717) is 11.4 Å². The Labute approximate surface area is 162 Å². The van der Waals surface area contributed by atoms with Crippen LogP contribution in [-0.4, -0.2) is 43.0 Å². The molecule has 2 aromatic carbocycles. The van der Waals surface area contributed by atoms with Gasteiger partial charge in [0.25, 0.3) is 0 Å². The van der Waals surface area contributed by atoms with E-state index in [4.69, 9.17) is 4.52 Å². The third kappa shape index (κ3) is 3.95. The molecule has 0 bridgehead atoms. The first-order valence-electron chi connectivity index (χ1n) is 8.36. The van der Waals surface area contributed by atoms with E-state index in [2.05, 4.69) is 14.9 Å². The molecule has 1 aromatic heterocycles. The van der Waals surface area contributed by atoms with E-state index in [1.807, 2.05) is 30.3 Å². The van der Waals surface area contributed by atoms with Crippen molar-refractivity contribution in [1.29, 1.82) is 0 Å². The number of esters is 1. The van der Waals surface area contributed by atoms with Crippen LogP contribution in [0.3, 0.4) is 0 Å². The van der Waals surface area contributed by atoms with E-state index in [0.717, 1.165) is 9.87 Å². The summed E-state index contributed by atoms with van der Waals surface area (Å²) in [5, 5.41) is 3.89. The molecule has 0 aliphatic carbocycles. The van der Waals surface area contributed by atoms with Gasteiger partial charge in [0.15, 0.2) is 0 Å². The van der Waals surface area contributed by atoms with Crippen LogP contribution in [-0.2, 0) is 21.3 Å². The van der Waals surface area contributed by atoms with Gasteiger partial charge in [-0.15, -0.1) is 0 Å². The van der Waals surface area contributed by atoms with E-state index in [9.17, 15) is 13.2 Å². The lowest BCUT2D eigenvalue weighted by molar-refractivity contribution is 0.0600. The number of sulfonamides is 1. The smallest absolute Gasteiger partial charge is 0.337 e. The van der Waals surface area contributed by atoms with Gasteiger partial charge in [-0.1, -0.05) is 41.6 Å². The summed E-state index contributed by atoms with van der Waals surface area (Å²) in [7, 11) is -1.24. The third-order valence-corrected chi connectivity index (χ3v) is 6.10. The third-order valence-electron chi connectivity index (χ3n) is 4.16. The van der Waals surface area contributed by atoms with Gasteiger partial charge in [0, 0.05) is 12.6 Å². The van der Waals surface area contributed by atoms with Gasteiger partial charge in [-0.2, -0.15) is 9.29 Å². The zero-order chi connectivity index (χ0) is 20.3.